The average molecular weight is 441 g/mol. The van der Waals surface area contributed by atoms with Gasteiger partial charge in [0.15, 0.2) is 6.10 Å². The van der Waals surface area contributed by atoms with Crippen molar-refractivity contribution in [2.75, 3.05) is 5.32 Å². The molecule has 0 bridgehead atoms. The van der Waals surface area contributed by atoms with Gasteiger partial charge in [0.2, 0.25) is 0 Å². The minimum atomic E-state index is -1.000. The number of fused-ring (bicyclic) bond motifs is 1. The van der Waals surface area contributed by atoms with Gasteiger partial charge in [0.25, 0.3) is 11.5 Å². The van der Waals surface area contributed by atoms with Crippen LogP contribution >= 0.6 is 11.6 Å². The van der Waals surface area contributed by atoms with Crippen LogP contribution < -0.4 is 10.9 Å². The Hall–Kier alpha value is -3.26. The summed E-state index contributed by atoms with van der Waals surface area (Å²) in [5.74, 6) is -0.171. The number of amides is 1. The second kappa shape index (κ2) is 8.85. The first-order valence-electron chi connectivity index (χ1n) is 10.0. The van der Waals surface area contributed by atoms with Gasteiger partial charge in [-0.25, -0.2) is 9.97 Å². The number of nitrogens with zero attached hydrogens (tertiary/aromatic N) is 3. The predicted molar refractivity (Wildman–Crippen MR) is 116 cm³/mol. The third-order valence-corrected chi connectivity index (χ3v) is 5.23. The molecule has 9 heteroatoms. The standard InChI is InChI=1S/C22H21ClN4O4/c1-13(21(29)26-18-9-6-14(23)12-24-18)31-20(28)11-10-19-25-17-5-3-2-4-16(17)22(30)27(19)15-7-8-15/h2-6,9,12-13,15H,7-8,10-11H2,1H3,(H,24,26,29)/t13-/m0/s1. The number of esters is 1. The number of aromatic nitrogens is 3. The third kappa shape index (κ3) is 4.91. The molecule has 1 aliphatic carbocycles. The molecule has 1 fully saturated rings. The van der Waals surface area contributed by atoms with Crippen molar-refractivity contribution in [3.05, 3.63) is 63.8 Å². The highest BCUT2D eigenvalue weighted by molar-refractivity contribution is 6.30. The number of pyridine rings is 1. The van der Waals surface area contributed by atoms with Crippen molar-refractivity contribution in [3.8, 4) is 0 Å². The summed E-state index contributed by atoms with van der Waals surface area (Å²) in [4.78, 5) is 46.0. The van der Waals surface area contributed by atoms with E-state index in [9.17, 15) is 14.4 Å². The zero-order valence-electron chi connectivity index (χ0n) is 16.9. The SMILES string of the molecule is C[C@H](OC(=O)CCc1nc2ccccc2c(=O)n1C1CC1)C(=O)Nc1ccc(Cl)cn1. The van der Waals surface area contributed by atoms with Crippen LogP contribution in [0.4, 0.5) is 5.82 Å². The molecule has 1 amide bonds. The molecule has 0 saturated heterocycles. The Labute approximate surface area is 183 Å². The highest BCUT2D eigenvalue weighted by Gasteiger charge is 2.28. The van der Waals surface area contributed by atoms with Crippen molar-refractivity contribution in [1.29, 1.82) is 0 Å². The van der Waals surface area contributed by atoms with Crippen molar-refractivity contribution in [1.82, 2.24) is 14.5 Å². The summed E-state index contributed by atoms with van der Waals surface area (Å²) in [5, 5.41) is 3.58. The molecule has 2 aromatic heterocycles. The molecule has 0 aliphatic heterocycles. The first-order chi connectivity index (χ1) is 14.9. The van der Waals surface area contributed by atoms with Gasteiger partial charge in [-0.2, -0.15) is 0 Å². The number of hydrogen-bond donors (Lipinski definition) is 1. The lowest BCUT2D eigenvalue weighted by atomic mass is 10.2. The van der Waals surface area contributed by atoms with E-state index in [0.29, 0.717) is 27.6 Å². The molecule has 1 N–H and O–H groups in total. The van der Waals surface area contributed by atoms with Crippen molar-refractivity contribution in [2.24, 2.45) is 0 Å². The fourth-order valence-electron chi connectivity index (χ4n) is 3.28. The van der Waals surface area contributed by atoms with Gasteiger partial charge in [0, 0.05) is 18.7 Å². The Kier molecular flexibility index (Phi) is 5.99. The molecule has 4 rings (SSSR count). The molecule has 0 spiro atoms. The van der Waals surface area contributed by atoms with Crippen molar-refractivity contribution in [2.45, 2.75) is 44.8 Å². The van der Waals surface area contributed by atoms with E-state index in [4.69, 9.17) is 16.3 Å². The number of carbonyl (C=O) groups excluding carboxylic acids is 2. The predicted octanol–water partition coefficient (Wildman–Crippen LogP) is 3.28. The third-order valence-electron chi connectivity index (χ3n) is 5.00. The van der Waals surface area contributed by atoms with Crippen LogP contribution in [0.3, 0.4) is 0 Å². The molecular formula is C22H21ClN4O4. The maximum atomic E-state index is 12.9. The van der Waals surface area contributed by atoms with Gasteiger partial charge in [-0.1, -0.05) is 23.7 Å². The Morgan fingerprint density at radius 2 is 2.03 bits per heavy atom. The van der Waals surface area contributed by atoms with Crippen LogP contribution in [0.5, 0.6) is 0 Å². The van der Waals surface area contributed by atoms with Crippen LogP contribution in [0, 0.1) is 0 Å². The molecule has 1 saturated carbocycles. The molecule has 160 valence electrons. The summed E-state index contributed by atoms with van der Waals surface area (Å²) < 4.78 is 6.94. The Bertz CT molecular complexity index is 1190. The van der Waals surface area contributed by atoms with Gasteiger partial charge >= 0.3 is 5.97 Å². The van der Waals surface area contributed by atoms with Gasteiger partial charge in [-0.3, -0.25) is 19.0 Å². The Morgan fingerprint density at radius 1 is 1.26 bits per heavy atom. The van der Waals surface area contributed by atoms with E-state index in [2.05, 4.69) is 15.3 Å². The van der Waals surface area contributed by atoms with E-state index < -0.39 is 18.0 Å². The first-order valence-corrected chi connectivity index (χ1v) is 10.4. The zero-order chi connectivity index (χ0) is 22.0. The van der Waals surface area contributed by atoms with Crippen LogP contribution in [0.25, 0.3) is 10.9 Å². The van der Waals surface area contributed by atoms with E-state index >= 15 is 0 Å². The van der Waals surface area contributed by atoms with Crippen LogP contribution in [0.1, 0.15) is 38.1 Å². The number of hydrogen-bond acceptors (Lipinski definition) is 6. The van der Waals surface area contributed by atoms with E-state index in [1.165, 1.54) is 13.1 Å². The number of halogens is 1. The highest BCUT2D eigenvalue weighted by atomic mass is 35.5. The molecule has 1 aromatic carbocycles. The summed E-state index contributed by atoms with van der Waals surface area (Å²) in [7, 11) is 0. The molecule has 1 aliphatic rings. The van der Waals surface area contributed by atoms with Gasteiger partial charge < -0.3 is 10.1 Å². The van der Waals surface area contributed by atoms with E-state index in [1.54, 1.807) is 28.8 Å². The molecule has 8 nitrogen and oxygen atoms in total. The second-order valence-electron chi connectivity index (χ2n) is 7.43. The minimum Gasteiger partial charge on any atom is -0.453 e. The number of para-hydroxylation sites is 1. The summed E-state index contributed by atoms with van der Waals surface area (Å²) in [6, 6.07) is 10.5. The number of carbonyl (C=O) groups is 2. The number of rotatable bonds is 7. The first kappa shape index (κ1) is 21.0. The number of anilines is 1. The monoisotopic (exact) mass is 440 g/mol. The number of nitrogens with one attached hydrogen (secondary N) is 1. The van der Waals surface area contributed by atoms with Crippen LogP contribution in [-0.4, -0.2) is 32.5 Å². The highest BCUT2D eigenvalue weighted by Crippen LogP contribution is 2.34. The van der Waals surface area contributed by atoms with Crippen molar-refractivity contribution in [3.63, 3.8) is 0 Å². The minimum absolute atomic E-state index is 0.00825. The van der Waals surface area contributed by atoms with Gasteiger partial charge in [0.1, 0.15) is 11.6 Å². The summed E-state index contributed by atoms with van der Waals surface area (Å²) in [5.41, 5.74) is 0.524. The second-order valence-corrected chi connectivity index (χ2v) is 7.87. The number of aryl methyl sites for hydroxylation is 1. The number of benzene rings is 1. The molecular weight excluding hydrogens is 420 g/mol. The molecule has 31 heavy (non-hydrogen) atoms. The fourth-order valence-corrected chi connectivity index (χ4v) is 3.39. The average Bonchev–Trinajstić information content (AvgIpc) is 3.59. The molecule has 2 heterocycles. The van der Waals surface area contributed by atoms with Crippen LogP contribution in [0.2, 0.25) is 5.02 Å². The van der Waals surface area contributed by atoms with Crippen molar-refractivity contribution < 1.29 is 14.3 Å². The lowest BCUT2D eigenvalue weighted by molar-refractivity contribution is -0.153. The maximum Gasteiger partial charge on any atom is 0.307 e. The fraction of sp³-hybridized carbons (Fsp3) is 0.318. The van der Waals surface area contributed by atoms with Crippen molar-refractivity contribution >= 4 is 40.2 Å². The Balaban J connectivity index is 1.40. The zero-order valence-corrected chi connectivity index (χ0v) is 17.6. The number of ether oxygens (including phenoxy) is 1. The summed E-state index contributed by atoms with van der Waals surface area (Å²) in [6.45, 7) is 1.48. The molecule has 0 radical (unpaired) electrons. The normalized spacial score (nSPS) is 14.3. The molecule has 3 aromatic rings. The van der Waals surface area contributed by atoms with Gasteiger partial charge in [-0.05, 0) is 44.0 Å². The lowest BCUT2D eigenvalue weighted by Crippen LogP contribution is -2.30. The van der Waals surface area contributed by atoms with E-state index in [0.717, 1.165) is 12.8 Å². The largest absolute Gasteiger partial charge is 0.453 e. The summed E-state index contributed by atoms with van der Waals surface area (Å²) >= 11 is 5.77. The van der Waals surface area contributed by atoms with Crippen LogP contribution in [-0.2, 0) is 20.7 Å². The van der Waals surface area contributed by atoms with Gasteiger partial charge in [0.05, 0.1) is 22.3 Å². The summed E-state index contributed by atoms with van der Waals surface area (Å²) in [6.07, 6.45) is 2.52. The topological polar surface area (TPSA) is 103 Å². The smallest absolute Gasteiger partial charge is 0.307 e. The van der Waals surface area contributed by atoms with Gasteiger partial charge in [-0.15, -0.1) is 0 Å². The lowest BCUT2D eigenvalue weighted by Gasteiger charge is -2.15. The molecule has 1 atom stereocenters. The Morgan fingerprint density at radius 3 is 2.74 bits per heavy atom. The van der Waals surface area contributed by atoms with E-state index in [1.807, 2.05) is 12.1 Å². The maximum absolute atomic E-state index is 12.9. The quantitative estimate of drug-likeness (QED) is 0.565. The molecule has 0 unspecified atom stereocenters. The van der Waals surface area contributed by atoms with Crippen LogP contribution in [0.15, 0.2) is 47.4 Å². The van der Waals surface area contributed by atoms with E-state index in [-0.39, 0.29) is 24.4 Å².